The van der Waals surface area contributed by atoms with E-state index < -0.39 is 0 Å². The Hall–Kier alpha value is -1.04. The van der Waals surface area contributed by atoms with Crippen molar-refractivity contribution >= 4 is 23.4 Å². The number of aliphatic hydroxyl groups is 1. The molecule has 0 saturated carbocycles. The van der Waals surface area contributed by atoms with Crippen LogP contribution in [0.1, 0.15) is 38.3 Å². The Morgan fingerprint density at radius 2 is 2.30 bits per heavy atom. The van der Waals surface area contributed by atoms with Crippen LogP contribution in [0.2, 0.25) is 0 Å². The molecule has 0 aromatic heterocycles. The molecule has 1 aliphatic rings. The van der Waals surface area contributed by atoms with E-state index in [1.807, 2.05) is 12.1 Å². The van der Waals surface area contributed by atoms with Crippen molar-refractivity contribution in [1.29, 1.82) is 0 Å². The van der Waals surface area contributed by atoms with Gasteiger partial charge < -0.3 is 15.7 Å². The van der Waals surface area contributed by atoms with Crippen LogP contribution < -0.4 is 10.6 Å². The molecular weight excluding hydrogens is 272 g/mol. The molecule has 0 aliphatic carbocycles. The van der Waals surface area contributed by atoms with Crippen LogP contribution in [0, 0.1) is 0 Å². The van der Waals surface area contributed by atoms with Gasteiger partial charge in [0.15, 0.2) is 0 Å². The first-order valence-electron chi connectivity index (χ1n) is 7.11. The predicted molar refractivity (Wildman–Crippen MR) is 83.1 cm³/mol. The van der Waals surface area contributed by atoms with Crippen LogP contribution in [0.25, 0.3) is 0 Å². The summed E-state index contributed by atoms with van der Waals surface area (Å²) >= 11 is 1.72. The van der Waals surface area contributed by atoms with Gasteiger partial charge in [0, 0.05) is 28.0 Å². The number of benzene rings is 1. The van der Waals surface area contributed by atoms with Gasteiger partial charge in [0.2, 0.25) is 5.91 Å². The number of hydrogen-bond donors (Lipinski definition) is 3. The largest absolute Gasteiger partial charge is 0.396 e. The monoisotopic (exact) mass is 294 g/mol. The molecule has 5 heteroatoms. The predicted octanol–water partition coefficient (Wildman–Crippen LogP) is 2.54. The summed E-state index contributed by atoms with van der Waals surface area (Å²) in [5.41, 5.74) is 1.94. The zero-order valence-corrected chi connectivity index (χ0v) is 12.8. The van der Waals surface area contributed by atoms with Gasteiger partial charge in [-0.25, -0.2) is 0 Å². The Bertz CT molecular complexity index is 479. The molecule has 4 nitrogen and oxygen atoms in total. The molecule has 110 valence electrons. The molecule has 1 amide bonds. The summed E-state index contributed by atoms with van der Waals surface area (Å²) in [6, 6.07) is 5.88. The van der Waals surface area contributed by atoms with Gasteiger partial charge in [0.05, 0.1) is 0 Å². The Morgan fingerprint density at radius 1 is 1.50 bits per heavy atom. The number of rotatable bonds is 7. The maximum atomic E-state index is 12.0. The molecule has 1 heterocycles. The second-order valence-corrected chi connectivity index (χ2v) is 6.58. The average molecular weight is 294 g/mol. The maximum Gasteiger partial charge on any atom is 0.246 e. The van der Waals surface area contributed by atoms with Crippen molar-refractivity contribution < 1.29 is 9.90 Å². The molecule has 0 bridgehead atoms. The molecule has 20 heavy (non-hydrogen) atoms. The number of amides is 1. The highest BCUT2D eigenvalue weighted by Gasteiger charge is 2.29. The quantitative estimate of drug-likeness (QED) is 0.676. The molecule has 2 atom stereocenters. The number of carbonyl (C=O) groups is 1. The summed E-state index contributed by atoms with van der Waals surface area (Å²) in [7, 11) is 0. The fourth-order valence-electron chi connectivity index (χ4n) is 2.28. The molecule has 0 spiro atoms. The summed E-state index contributed by atoms with van der Waals surface area (Å²) in [5, 5.41) is 15.5. The van der Waals surface area contributed by atoms with Crippen molar-refractivity contribution in [2.24, 2.45) is 0 Å². The number of fused-ring (bicyclic) bond motifs is 1. The van der Waals surface area contributed by atoms with Gasteiger partial charge in [-0.15, -0.1) is 11.8 Å². The molecule has 1 aliphatic heterocycles. The summed E-state index contributed by atoms with van der Waals surface area (Å²) < 4.78 is 0. The molecule has 1 aromatic rings. The van der Waals surface area contributed by atoms with Crippen LogP contribution in [0.5, 0.6) is 0 Å². The van der Waals surface area contributed by atoms with E-state index in [9.17, 15) is 4.79 Å². The minimum Gasteiger partial charge on any atom is -0.396 e. The molecule has 0 saturated heterocycles. The average Bonchev–Trinajstić information content (AvgIpc) is 2.71. The van der Waals surface area contributed by atoms with Gasteiger partial charge in [0.25, 0.3) is 0 Å². The van der Waals surface area contributed by atoms with Crippen molar-refractivity contribution in [2.45, 2.75) is 42.9 Å². The van der Waals surface area contributed by atoms with E-state index in [4.69, 9.17) is 5.11 Å². The lowest BCUT2D eigenvalue weighted by atomic mass is 10.1. The molecular formula is C15H22N2O2S. The molecule has 2 unspecified atom stereocenters. The van der Waals surface area contributed by atoms with E-state index in [0.717, 1.165) is 35.5 Å². The Balaban J connectivity index is 2.09. The summed E-state index contributed by atoms with van der Waals surface area (Å²) in [6.07, 6.45) is 1.78. The zero-order chi connectivity index (χ0) is 14.5. The molecule has 3 N–H and O–H groups in total. The highest BCUT2D eigenvalue weighted by molar-refractivity contribution is 7.99. The van der Waals surface area contributed by atoms with Crippen molar-refractivity contribution in [2.75, 3.05) is 18.5 Å². The van der Waals surface area contributed by atoms with E-state index >= 15 is 0 Å². The summed E-state index contributed by atoms with van der Waals surface area (Å²) in [6.45, 7) is 5.22. The van der Waals surface area contributed by atoms with Gasteiger partial charge in [-0.3, -0.25) is 4.79 Å². The minimum absolute atomic E-state index is 0.0269. The molecule has 2 rings (SSSR count). The minimum atomic E-state index is -0.223. The van der Waals surface area contributed by atoms with E-state index in [1.54, 1.807) is 11.8 Å². The van der Waals surface area contributed by atoms with E-state index in [0.29, 0.717) is 5.25 Å². The standard InChI is InChI=1S/C15H22N2O2S/c1-3-7-16-14-12-5-4-11(20-10(2)6-8-18)9-13(12)17-15(14)19/h4-5,9-10,14,16,18H,3,6-8H2,1-2H3,(H,17,19). The van der Waals surface area contributed by atoms with Crippen LogP contribution in [0.3, 0.4) is 0 Å². The van der Waals surface area contributed by atoms with Crippen LogP contribution in [0.4, 0.5) is 5.69 Å². The van der Waals surface area contributed by atoms with E-state index in [1.165, 1.54) is 0 Å². The first-order valence-corrected chi connectivity index (χ1v) is 7.99. The summed E-state index contributed by atoms with van der Waals surface area (Å²) in [5.74, 6) is 0.0269. The van der Waals surface area contributed by atoms with E-state index in [2.05, 4.69) is 30.5 Å². The van der Waals surface area contributed by atoms with Gasteiger partial charge in [-0.05, 0) is 31.5 Å². The number of hydrogen-bond acceptors (Lipinski definition) is 4. The fourth-order valence-corrected chi connectivity index (χ4v) is 3.30. The van der Waals surface area contributed by atoms with Gasteiger partial charge >= 0.3 is 0 Å². The van der Waals surface area contributed by atoms with Gasteiger partial charge in [-0.1, -0.05) is 19.9 Å². The van der Waals surface area contributed by atoms with Crippen LogP contribution in [-0.4, -0.2) is 29.4 Å². The number of anilines is 1. The lowest BCUT2D eigenvalue weighted by Crippen LogP contribution is -2.27. The molecule has 0 radical (unpaired) electrons. The van der Waals surface area contributed by atoms with Crippen molar-refractivity contribution in [3.63, 3.8) is 0 Å². The van der Waals surface area contributed by atoms with Gasteiger partial charge in [-0.2, -0.15) is 0 Å². The molecule has 0 fully saturated rings. The third-order valence-corrected chi connectivity index (χ3v) is 4.49. The highest BCUT2D eigenvalue weighted by Crippen LogP contribution is 2.35. The fraction of sp³-hybridized carbons (Fsp3) is 0.533. The zero-order valence-electron chi connectivity index (χ0n) is 12.0. The lowest BCUT2D eigenvalue weighted by molar-refractivity contribution is -0.117. The van der Waals surface area contributed by atoms with Crippen molar-refractivity contribution in [1.82, 2.24) is 5.32 Å². The Kier molecular flexibility index (Phi) is 5.46. The topological polar surface area (TPSA) is 61.4 Å². The van der Waals surface area contributed by atoms with Crippen LogP contribution >= 0.6 is 11.8 Å². The third kappa shape index (κ3) is 3.53. The number of carbonyl (C=O) groups excluding carboxylic acids is 1. The lowest BCUT2D eigenvalue weighted by Gasteiger charge is -2.12. The second-order valence-electron chi connectivity index (χ2n) is 5.07. The SMILES string of the molecule is CCCNC1C(=O)Nc2cc(SC(C)CCO)ccc21. The highest BCUT2D eigenvalue weighted by atomic mass is 32.2. The first kappa shape index (κ1) is 15.4. The normalized spacial score (nSPS) is 18.8. The van der Waals surface area contributed by atoms with Crippen molar-refractivity contribution in [3.8, 4) is 0 Å². The van der Waals surface area contributed by atoms with Gasteiger partial charge in [0.1, 0.15) is 6.04 Å². The number of nitrogens with one attached hydrogen (secondary N) is 2. The Morgan fingerprint density at radius 3 is 3.00 bits per heavy atom. The molecule has 1 aromatic carbocycles. The van der Waals surface area contributed by atoms with E-state index in [-0.39, 0.29) is 18.6 Å². The van der Waals surface area contributed by atoms with Crippen LogP contribution in [-0.2, 0) is 4.79 Å². The smallest absolute Gasteiger partial charge is 0.246 e. The summed E-state index contributed by atoms with van der Waals surface area (Å²) in [4.78, 5) is 13.1. The first-order chi connectivity index (χ1) is 9.65. The number of thioether (sulfide) groups is 1. The van der Waals surface area contributed by atoms with Crippen molar-refractivity contribution in [3.05, 3.63) is 23.8 Å². The maximum absolute atomic E-state index is 12.0. The van der Waals surface area contributed by atoms with Crippen LogP contribution in [0.15, 0.2) is 23.1 Å². The Labute approximate surface area is 124 Å². The number of aliphatic hydroxyl groups excluding tert-OH is 1. The second kappa shape index (κ2) is 7.11. The third-order valence-electron chi connectivity index (χ3n) is 3.33.